The number of thioether (sulfide) groups is 2. The molecule has 3 aromatic heterocycles. The van der Waals surface area contributed by atoms with Crippen molar-refractivity contribution < 1.29 is 28.4 Å². The van der Waals surface area contributed by atoms with Crippen LogP contribution in [-0.4, -0.2) is 52.2 Å². The standard InChI is InChI=1S/C26H30O6S5/c1-25(2)9-29-15-17(31-11-25)23(33-5)36-21(15)19-13-14(28-8-7-27-13)20(35-19)22-16-18(24(34-6)37-22)32-12-26(3,4)10-30-16/h7-12H2,1-6H3. The first kappa shape index (κ1) is 25.9. The smallest absolute Gasteiger partial charge is 0.186 e. The van der Waals surface area contributed by atoms with Gasteiger partial charge in [-0.2, -0.15) is 0 Å². The summed E-state index contributed by atoms with van der Waals surface area (Å²) in [6, 6.07) is 0. The molecule has 6 heterocycles. The molecule has 0 N–H and O–H groups in total. The van der Waals surface area contributed by atoms with Crippen molar-refractivity contribution in [3.63, 3.8) is 0 Å². The van der Waals surface area contributed by atoms with Gasteiger partial charge in [-0.3, -0.25) is 0 Å². The molecular formula is C26H30O6S5. The Morgan fingerprint density at radius 3 is 1.19 bits per heavy atom. The second-order valence-electron chi connectivity index (χ2n) is 10.8. The van der Waals surface area contributed by atoms with Gasteiger partial charge in [-0.25, -0.2) is 0 Å². The van der Waals surface area contributed by atoms with Gasteiger partial charge >= 0.3 is 0 Å². The van der Waals surface area contributed by atoms with Crippen LogP contribution in [0.15, 0.2) is 8.42 Å². The van der Waals surface area contributed by atoms with Gasteiger partial charge in [0.25, 0.3) is 0 Å². The van der Waals surface area contributed by atoms with Crippen LogP contribution in [0.25, 0.3) is 19.5 Å². The monoisotopic (exact) mass is 598 g/mol. The minimum absolute atomic E-state index is 0.0723. The first-order valence-electron chi connectivity index (χ1n) is 12.1. The average molecular weight is 599 g/mol. The molecule has 0 atom stereocenters. The van der Waals surface area contributed by atoms with Crippen LogP contribution in [0, 0.1) is 10.8 Å². The Kier molecular flexibility index (Phi) is 6.75. The zero-order valence-corrected chi connectivity index (χ0v) is 25.8. The van der Waals surface area contributed by atoms with E-state index in [1.807, 2.05) is 0 Å². The van der Waals surface area contributed by atoms with Crippen LogP contribution >= 0.6 is 57.5 Å². The highest BCUT2D eigenvalue weighted by Gasteiger charge is 2.38. The Hall–Kier alpha value is -1.40. The molecule has 0 saturated heterocycles. The van der Waals surface area contributed by atoms with E-state index < -0.39 is 0 Å². The Morgan fingerprint density at radius 2 is 0.811 bits per heavy atom. The van der Waals surface area contributed by atoms with Gasteiger partial charge in [0, 0.05) is 10.8 Å². The van der Waals surface area contributed by atoms with Crippen molar-refractivity contribution in [1.29, 1.82) is 0 Å². The lowest BCUT2D eigenvalue weighted by molar-refractivity contribution is 0.139. The molecule has 3 aliphatic rings. The molecular weight excluding hydrogens is 569 g/mol. The van der Waals surface area contributed by atoms with E-state index in [-0.39, 0.29) is 10.8 Å². The molecule has 200 valence electrons. The second-order valence-corrected chi connectivity index (χ2v) is 16.0. The van der Waals surface area contributed by atoms with E-state index >= 15 is 0 Å². The van der Waals surface area contributed by atoms with E-state index in [0.29, 0.717) is 39.6 Å². The van der Waals surface area contributed by atoms with E-state index in [9.17, 15) is 0 Å². The summed E-state index contributed by atoms with van der Waals surface area (Å²) in [6.45, 7) is 12.1. The maximum atomic E-state index is 6.43. The molecule has 0 fully saturated rings. The van der Waals surface area contributed by atoms with E-state index in [1.165, 1.54) is 0 Å². The minimum Gasteiger partial charge on any atom is -0.487 e. The summed E-state index contributed by atoms with van der Waals surface area (Å²) in [5.41, 5.74) is -0.145. The van der Waals surface area contributed by atoms with Crippen molar-refractivity contribution >= 4 is 57.5 Å². The summed E-state index contributed by atoms with van der Waals surface area (Å²) < 4.78 is 40.2. The van der Waals surface area contributed by atoms with Crippen molar-refractivity contribution in [3.05, 3.63) is 0 Å². The largest absolute Gasteiger partial charge is 0.487 e. The Bertz CT molecular complexity index is 1240. The molecule has 0 unspecified atom stereocenters. The SMILES string of the molecule is CSc1sc(-c2sc(-c3sc(SC)c4c3OCC(C)(C)CO4)c3c2OCCO3)c2c1OCC(C)(C)CO2. The minimum atomic E-state index is -0.0723. The molecule has 0 spiro atoms. The molecule has 0 radical (unpaired) electrons. The maximum Gasteiger partial charge on any atom is 0.186 e. The van der Waals surface area contributed by atoms with E-state index in [0.717, 1.165) is 62.4 Å². The molecule has 6 rings (SSSR count). The predicted molar refractivity (Wildman–Crippen MR) is 155 cm³/mol. The first-order valence-corrected chi connectivity index (χ1v) is 17.0. The summed E-state index contributed by atoms with van der Waals surface area (Å²) in [5.74, 6) is 4.84. The molecule has 0 bridgehead atoms. The van der Waals surface area contributed by atoms with Crippen LogP contribution in [0.3, 0.4) is 0 Å². The third-order valence-electron chi connectivity index (χ3n) is 6.20. The van der Waals surface area contributed by atoms with Gasteiger partial charge in [-0.15, -0.1) is 57.5 Å². The molecule has 3 aromatic rings. The lowest BCUT2D eigenvalue weighted by Crippen LogP contribution is -2.26. The van der Waals surface area contributed by atoms with Gasteiger partial charge in [0.15, 0.2) is 34.5 Å². The molecule has 37 heavy (non-hydrogen) atoms. The van der Waals surface area contributed by atoms with Gasteiger partial charge in [0.05, 0.1) is 45.9 Å². The van der Waals surface area contributed by atoms with Crippen LogP contribution in [0.5, 0.6) is 34.5 Å². The average Bonchev–Trinajstić information content (AvgIpc) is 3.47. The summed E-state index contributed by atoms with van der Waals surface area (Å²) in [6.07, 6.45) is 4.15. The summed E-state index contributed by atoms with van der Waals surface area (Å²) in [7, 11) is 0. The molecule has 0 amide bonds. The Balaban J connectivity index is 1.51. The summed E-state index contributed by atoms with van der Waals surface area (Å²) >= 11 is 8.42. The van der Waals surface area contributed by atoms with Crippen molar-refractivity contribution in [3.8, 4) is 54.0 Å². The van der Waals surface area contributed by atoms with E-state index in [2.05, 4.69) is 40.2 Å². The number of hydrogen-bond donors (Lipinski definition) is 0. The third kappa shape index (κ3) is 4.58. The van der Waals surface area contributed by atoms with Gasteiger partial charge in [-0.05, 0) is 12.5 Å². The fourth-order valence-electron chi connectivity index (χ4n) is 4.24. The molecule has 0 saturated carbocycles. The maximum absolute atomic E-state index is 6.43. The van der Waals surface area contributed by atoms with Crippen LogP contribution in [0.1, 0.15) is 27.7 Å². The molecule has 3 aliphatic heterocycles. The predicted octanol–water partition coefficient (Wildman–Crippen LogP) is 8.01. The van der Waals surface area contributed by atoms with Crippen molar-refractivity contribution in [2.75, 3.05) is 52.2 Å². The number of thiophene rings is 3. The third-order valence-corrected chi connectivity index (χ3v) is 12.2. The number of fused-ring (bicyclic) bond motifs is 3. The lowest BCUT2D eigenvalue weighted by Gasteiger charge is -2.20. The number of rotatable bonds is 4. The highest BCUT2D eigenvalue weighted by atomic mass is 32.2. The number of ether oxygens (including phenoxy) is 6. The van der Waals surface area contributed by atoms with Gasteiger partial charge in [-0.1, -0.05) is 27.7 Å². The summed E-state index contributed by atoms with van der Waals surface area (Å²) in [4.78, 5) is 4.08. The lowest BCUT2D eigenvalue weighted by atomic mass is 9.97. The van der Waals surface area contributed by atoms with Gasteiger partial charge in [0.2, 0.25) is 0 Å². The normalized spacial score (nSPS) is 19.3. The zero-order valence-electron chi connectivity index (χ0n) is 21.7. The van der Waals surface area contributed by atoms with Crippen molar-refractivity contribution in [1.82, 2.24) is 0 Å². The van der Waals surface area contributed by atoms with E-state index in [4.69, 9.17) is 28.4 Å². The topological polar surface area (TPSA) is 55.4 Å². The highest BCUT2D eigenvalue weighted by molar-refractivity contribution is 8.00. The van der Waals surface area contributed by atoms with Crippen LogP contribution in [-0.2, 0) is 0 Å². The fraction of sp³-hybridized carbons (Fsp3) is 0.538. The van der Waals surface area contributed by atoms with Gasteiger partial charge < -0.3 is 28.4 Å². The van der Waals surface area contributed by atoms with Gasteiger partial charge in [0.1, 0.15) is 21.6 Å². The van der Waals surface area contributed by atoms with Crippen molar-refractivity contribution in [2.45, 2.75) is 36.1 Å². The number of hydrogen-bond acceptors (Lipinski definition) is 11. The Morgan fingerprint density at radius 1 is 0.486 bits per heavy atom. The fourth-order valence-corrected chi connectivity index (χ4v) is 9.37. The van der Waals surface area contributed by atoms with Crippen LogP contribution < -0.4 is 28.4 Å². The van der Waals surface area contributed by atoms with Crippen LogP contribution in [0.4, 0.5) is 0 Å². The molecule has 11 heteroatoms. The molecule has 6 nitrogen and oxygen atoms in total. The zero-order chi connectivity index (χ0) is 25.9. The molecule has 0 aromatic carbocycles. The first-order chi connectivity index (χ1) is 17.7. The van der Waals surface area contributed by atoms with Crippen LogP contribution in [0.2, 0.25) is 0 Å². The quantitative estimate of drug-likeness (QED) is 0.280. The van der Waals surface area contributed by atoms with Crippen molar-refractivity contribution in [2.24, 2.45) is 10.8 Å². The summed E-state index contributed by atoms with van der Waals surface area (Å²) in [5, 5.41) is 0. The Labute approximate surface area is 237 Å². The van der Waals surface area contributed by atoms with E-state index in [1.54, 1.807) is 57.5 Å². The molecule has 0 aliphatic carbocycles. The highest BCUT2D eigenvalue weighted by Crippen LogP contribution is 2.64. The second kappa shape index (κ2) is 9.66.